The van der Waals surface area contributed by atoms with Gasteiger partial charge in [0.15, 0.2) is 10.9 Å². The van der Waals surface area contributed by atoms with Gasteiger partial charge in [0.05, 0.1) is 0 Å². The largest absolute Gasteiger partial charge is 0.332 e. The maximum atomic E-state index is 12.4. The lowest BCUT2D eigenvalue weighted by Crippen LogP contribution is -2.19. The zero-order valence-corrected chi connectivity index (χ0v) is 13.7. The summed E-state index contributed by atoms with van der Waals surface area (Å²) in [5.41, 5.74) is 3.08. The van der Waals surface area contributed by atoms with E-state index in [0.29, 0.717) is 16.2 Å². The van der Waals surface area contributed by atoms with E-state index in [1.165, 1.54) is 0 Å². The van der Waals surface area contributed by atoms with E-state index in [2.05, 4.69) is 10.6 Å². The topological polar surface area (TPSA) is 41.1 Å². The molecule has 0 radical (unpaired) electrons. The third-order valence-electron chi connectivity index (χ3n) is 3.47. The van der Waals surface area contributed by atoms with Crippen molar-refractivity contribution in [3.63, 3.8) is 0 Å². The fourth-order valence-electron chi connectivity index (χ4n) is 2.28. The molecule has 0 saturated heterocycles. The van der Waals surface area contributed by atoms with Gasteiger partial charge in [-0.05, 0) is 48.6 Å². The van der Waals surface area contributed by atoms with Gasteiger partial charge in [0, 0.05) is 22.5 Å². The predicted molar refractivity (Wildman–Crippen MR) is 103 cm³/mol. The van der Waals surface area contributed by atoms with Crippen LogP contribution in [0.2, 0.25) is 0 Å². The van der Waals surface area contributed by atoms with Crippen LogP contribution in [0.4, 0.5) is 11.4 Å². The normalized spacial score (nSPS) is 10.0. The van der Waals surface area contributed by atoms with Crippen LogP contribution in [0.5, 0.6) is 0 Å². The van der Waals surface area contributed by atoms with Crippen molar-refractivity contribution in [2.45, 2.75) is 0 Å². The summed E-state index contributed by atoms with van der Waals surface area (Å²) in [6.07, 6.45) is 0. The molecule has 4 heteroatoms. The van der Waals surface area contributed by atoms with Crippen molar-refractivity contribution >= 4 is 34.5 Å². The van der Waals surface area contributed by atoms with E-state index < -0.39 is 0 Å². The molecule has 3 aromatic carbocycles. The summed E-state index contributed by atoms with van der Waals surface area (Å²) >= 11 is 5.29. The summed E-state index contributed by atoms with van der Waals surface area (Å²) in [5.74, 6) is 0.00661. The SMILES string of the molecule is O=C(c1ccccc1)c1ccc(NC(=S)Nc2ccccc2)cc1. The number of carbonyl (C=O) groups is 1. The second-order valence-electron chi connectivity index (χ2n) is 5.22. The molecule has 0 fully saturated rings. The monoisotopic (exact) mass is 332 g/mol. The Kier molecular flexibility index (Phi) is 4.99. The highest BCUT2D eigenvalue weighted by molar-refractivity contribution is 7.80. The Morgan fingerprint density at radius 3 is 1.67 bits per heavy atom. The number of para-hydroxylation sites is 1. The van der Waals surface area contributed by atoms with E-state index in [9.17, 15) is 4.79 Å². The fraction of sp³-hybridized carbons (Fsp3) is 0. The molecule has 0 amide bonds. The molecule has 24 heavy (non-hydrogen) atoms. The minimum Gasteiger partial charge on any atom is -0.332 e. The number of hydrogen-bond acceptors (Lipinski definition) is 2. The van der Waals surface area contributed by atoms with E-state index in [1.54, 1.807) is 12.1 Å². The number of benzene rings is 3. The van der Waals surface area contributed by atoms with Gasteiger partial charge in [-0.15, -0.1) is 0 Å². The van der Waals surface area contributed by atoms with Crippen molar-refractivity contribution in [3.05, 3.63) is 96.1 Å². The average molecular weight is 332 g/mol. The Morgan fingerprint density at radius 2 is 1.08 bits per heavy atom. The summed E-state index contributed by atoms with van der Waals surface area (Å²) in [6, 6.07) is 26.2. The number of hydrogen-bond donors (Lipinski definition) is 2. The van der Waals surface area contributed by atoms with Gasteiger partial charge < -0.3 is 10.6 Å². The van der Waals surface area contributed by atoms with Gasteiger partial charge in [0.2, 0.25) is 0 Å². The first kappa shape index (κ1) is 15.9. The Balaban J connectivity index is 1.64. The number of nitrogens with one attached hydrogen (secondary N) is 2. The minimum atomic E-state index is 0.00661. The Bertz CT molecular complexity index is 831. The Hall–Kier alpha value is -2.98. The predicted octanol–water partition coefficient (Wildman–Crippen LogP) is 4.73. The van der Waals surface area contributed by atoms with Crippen molar-refractivity contribution in [2.75, 3.05) is 10.6 Å². The Morgan fingerprint density at radius 1 is 0.625 bits per heavy atom. The van der Waals surface area contributed by atoms with Crippen LogP contribution < -0.4 is 10.6 Å². The second kappa shape index (κ2) is 7.53. The van der Waals surface area contributed by atoms with Crippen LogP contribution >= 0.6 is 12.2 Å². The van der Waals surface area contributed by atoms with Gasteiger partial charge in [0.25, 0.3) is 0 Å². The van der Waals surface area contributed by atoms with E-state index in [-0.39, 0.29) is 5.78 Å². The first-order valence-corrected chi connectivity index (χ1v) is 7.96. The summed E-state index contributed by atoms with van der Waals surface area (Å²) in [6.45, 7) is 0. The van der Waals surface area contributed by atoms with Gasteiger partial charge >= 0.3 is 0 Å². The van der Waals surface area contributed by atoms with Crippen LogP contribution in [0, 0.1) is 0 Å². The van der Waals surface area contributed by atoms with E-state index in [0.717, 1.165) is 11.4 Å². The quantitative estimate of drug-likeness (QED) is 0.535. The number of ketones is 1. The third-order valence-corrected chi connectivity index (χ3v) is 3.68. The van der Waals surface area contributed by atoms with Crippen LogP contribution in [0.1, 0.15) is 15.9 Å². The fourth-order valence-corrected chi connectivity index (χ4v) is 2.51. The second-order valence-corrected chi connectivity index (χ2v) is 5.63. The molecule has 0 aliphatic rings. The minimum absolute atomic E-state index is 0.00661. The first-order chi connectivity index (χ1) is 11.7. The molecule has 0 unspecified atom stereocenters. The first-order valence-electron chi connectivity index (χ1n) is 7.55. The number of rotatable bonds is 4. The van der Waals surface area contributed by atoms with Crippen LogP contribution in [0.3, 0.4) is 0 Å². The van der Waals surface area contributed by atoms with E-state index in [1.807, 2.05) is 72.8 Å². The lowest BCUT2D eigenvalue weighted by molar-refractivity contribution is 0.103. The third kappa shape index (κ3) is 4.06. The van der Waals surface area contributed by atoms with Gasteiger partial charge in [0.1, 0.15) is 0 Å². The van der Waals surface area contributed by atoms with Crippen molar-refractivity contribution in [1.82, 2.24) is 0 Å². The highest BCUT2D eigenvalue weighted by Crippen LogP contribution is 2.14. The zero-order chi connectivity index (χ0) is 16.8. The van der Waals surface area contributed by atoms with Crippen LogP contribution in [-0.2, 0) is 0 Å². The summed E-state index contributed by atoms with van der Waals surface area (Å²) < 4.78 is 0. The average Bonchev–Trinajstić information content (AvgIpc) is 2.63. The molecule has 3 nitrogen and oxygen atoms in total. The van der Waals surface area contributed by atoms with Crippen LogP contribution in [-0.4, -0.2) is 10.9 Å². The van der Waals surface area contributed by atoms with Gasteiger partial charge in [-0.1, -0.05) is 48.5 Å². The van der Waals surface area contributed by atoms with Crippen molar-refractivity contribution in [3.8, 4) is 0 Å². The smallest absolute Gasteiger partial charge is 0.193 e. The van der Waals surface area contributed by atoms with Crippen LogP contribution in [0.25, 0.3) is 0 Å². The van der Waals surface area contributed by atoms with Crippen molar-refractivity contribution in [1.29, 1.82) is 0 Å². The summed E-state index contributed by atoms with van der Waals surface area (Å²) in [7, 11) is 0. The molecule has 0 atom stereocenters. The van der Waals surface area contributed by atoms with Crippen LogP contribution in [0.15, 0.2) is 84.9 Å². The van der Waals surface area contributed by atoms with Crippen molar-refractivity contribution in [2.24, 2.45) is 0 Å². The summed E-state index contributed by atoms with van der Waals surface area (Å²) in [5, 5.41) is 6.72. The molecule has 0 aliphatic carbocycles. The molecule has 0 aromatic heterocycles. The lowest BCUT2D eigenvalue weighted by Gasteiger charge is -2.11. The van der Waals surface area contributed by atoms with Gasteiger partial charge in [-0.25, -0.2) is 0 Å². The lowest BCUT2D eigenvalue weighted by atomic mass is 10.0. The number of anilines is 2. The summed E-state index contributed by atoms with van der Waals surface area (Å²) in [4.78, 5) is 12.4. The van der Waals surface area contributed by atoms with Crippen molar-refractivity contribution < 1.29 is 4.79 Å². The molecule has 3 aromatic rings. The maximum Gasteiger partial charge on any atom is 0.193 e. The highest BCUT2D eigenvalue weighted by Gasteiger charge is 2.08. The van der Waals surface area contributed by atoms with E-state index >= 15 is 0 Å². The molecule has 0 heterocycles. The zero-order valence-electron chi connectivity index (χ0n) is 12.9. The van der Waals surface area contributed by atoms with Gasteiger partial charge in [-0.3, -0.25) is 4.79 Å². The molecule has 0 aliphatic heterocycles. The Labute approximate surface area is 146 Å². The number of thiocarbonyl (C=S) groups is 1. The molecular weight excluding hydrogens is 316 g/mol. The molecule has 118 valence electrons. The maximum absolute atomic E-state index is 12.4. The molecule has 0 saturated carbocycles. The molecule has 0 spiro atoms. The molecule has 2 N–H and O–H groups in total. The molecule has 3 rings (SSSR count). The molecule has 0 bridgehead atoms. The standard InChI is InChI=1S/C20H16N2OS/c23-19(15-7-3-1-4-8-15)16-11-13-18(14-12-16)22-20(24)21-17-9-5-2-6-10-17/h1-14H,(H2,21,22,24). The highest BCUT2D eigenvalue weighted by atomic mass is 32.1. The van der Waals surface area contributed by atoms with Gasteiger partial charge in [-0.2, -0.15) is 0 Å². The molecular formula is C20H16N2OS. The number of carbonyl (C=O) groups excluding carboxylic acids is 1. The van der Waals surface area contributed by atoms with E-state index in [4.69, 9.17) is 12.2 Å².